The van der Waals surface area contributed by atoms with Crippen molar-refractivity contribution in [3.63, 3.8) is 0 Å². The molecule has 3 heterocycles. The van der Waals surface area contributed by atoms with Gasteiger partial charge in [-0.15, -0.1) is 5.10 Å². The van der Waals surface area contributed by atoms with Crippen molar-refractivity contribution in [2.45, 2.75) is 26.2 Å². The Balaban J connectivity index is 1.23. The van der Waals surface area contributed by atoms with Crippen molar-refractivity contribution in [2.75, 3.05) is 31.1 Å². The predicted molar refractivity (Wildman–Crippen MR) is 113 cm³/mol. The molecule has 0 bridgehead atoms. The fraction of sp³-hybridized carbons (Fsp3) is 0.476. The SMILES string of the molecule is Cc1nnsc1C(=O)N1CCC(CNC(=O)C2CC(=O)N(c3ccccc3)C2)CC1. The van der Waals surface area contributed by atoms with Gasteiger partial charge < -0.3 is 15.1 Å². The Morgan fingerprint density at radius 2 is 1.93 bits per heavy atom. The van der Waals surface area contributed by atoms with Crippen molar-refractivity contribution in [1.82, 2.24) is 19.8 Å². The quantitative estimate of drug-likeness (QED) is 0.786. The van der Waals surface area contributed by atoms with Crippen molar-refractivity contribution < 1.29 is 14.4 Å². The number of aryl methyl sites for hydroxylation is 1. The van der Waals surface area contributed by atoms with Crippen LogP contribution in [0.1, 0.15) is 34.6 Å². The zero-order chi connectivity index (χ0) is 21.1. The minimum absolute atomic E-state index is 0.00421. The van der Waals surface area contributed by atoms with Crippen LogP contribution in [0.5, 0.6) is 0 Å². The van der Waals surface area contributed by atoms with Crippen molar-refractivity contribution in [1.29, 1.82) is 0 Å². The van der Waals surface area contributed by atoms with E-state index in [1.807, 2.05) is 35.2 Å². The molecule has 1 aromatic carbocycles. The molecule has 158 valence electrons. The van der Waals surface area contributed by atoms with Crippen LogP contribution in [0.4, 0.5) is 5.69 Å². The lowest BCUT2D eigenvalue weighted by molar-refractivity contribution is -0.126. The maximum Gasteiger partial charge on any atom is 0.267 e. The number of hydrogen-bond acceptors (Lipinski definition) is 6. The molecule has 0 aliphatic carbocycles. The molecule has 1 N–H and O–H groups in total. The van der Waals surface area contributed by atoms with Gasteiger partial charge >= 0.3 is 0 Å². The number of para-hydroxylation sites is 1. The molecule has 2 aliphatic rings. The van der Waals surface area contributed by atoms with Gasteiger partial charge in [0.1, 0.15) is 4.88 Å². The summed E-state index contributed by atoms with van der Waals surface area (Å²) in [5.41, 5.74) is 1.51. The van der Waals surface area contributed by atoms with Crippen molar-refractivity contribution in [2.24, 2.45) is 11.8 Å². The number of carbonyl (C=O) groups excluding carboxylic acids is 3. The number of carbonyl (C=O) groups is 3. The average molecular weight is 428 g/mol. The highest BCUT2D eigenvalue weighted by Gasteiger charge is 2.35. The number of benzene rings is 1. The summed E-state index contributed by atoms with van der Waals surface area (Å²) in [5.74, 6) is -0.0645. The predicted octanol–water partition coefficient (Wildman–Crippen LogP) is 1.87. The standard InChI is InChI=1S/C21H25N5O3S/c1-14-19(30-24-23-14)21(29)25-9-7-15(8-10-25)12-22-20(28)16-11-18(27)26(13-16)17-5-3-2-4-6-17/h2-6,15-16H,7-13H2,1H3,(H,22,28). The first-order chi connectivity index (χ1) is 14.5. The van der Waals surface area contributed by atoms with Crippen LogP contribution in [0.2, 0.25) is 0 Å². The van der Waals surface area contributed by atoms with Gasteiger partial charge in [0.25, 0.3) is 5.91 Å². The summed E-state index contributed by atoms with van der Waals surface area (Å²) < 4.78 is 3.84. The molecule has 2 saturated heterocycles. The fourth-order valence-electron chi connectivity index (χ4n) is 4.04. The summed E-state index contributed by atoms with van der Waals surface area (Å²) in [6, 6.07) is 9.45. The second-order valence-corrected chi connectivity index (χ2v) is 8.66. The number of hydrogen-bond donors (Lipinski definition) is 1. The molecule has 3 amide bonds. The lowest BCUT2D eigenvalue weighted by Crippen LogP contribution is -2.42. The highest BCUT2D eigenvalue weighted by Crippen LogP contribution is 2.25. The largest absolute Gasteiger partial charge is 0.356 e. The van der Waals surface area contributed by atoms with Gasteiger partial charge in [0.05, 0.1) is 11.6 Å². The van der Waals surface area contributed by atoms with E-state index in [0.29, 0.717) is 42.7 Å². The molecular formula is C21H25N5O3S. The Morgan fingerprint density at radius 3 is 2.60 bits per heavy atom. The highest BCUT2D eigenvalue weighted by atomic mass is 32.1. The van der Waals surface area contributed by atoms with Gasteiger partial charge in [-0.3, -0.25) is 14.4 Å². The van der Waals surface area contributed by atoms with Gasteiger partial charge in [-0.2, -0.15) is 0 Å². The van der Waals surface area contributed by atoms with Crippen LogP contribution in [0.3, 0.4) is 0 Å². The monoisotopic (exact) mass is 427 g/mol. The van der Waals surface area contributed by atoms with E-state index in [4.69, 9.17) is 0 Å². The number of amides is 3. The first-order valence-corrected chi connectivity index (χ1v) is 11.0. The van der Waals surface area contributed by atoms with E-state index in [1.165, 1.54) is 0 Å². The summed E-state index contributed by atoms with van der Waals surface area (Å²) in [6.45, 7) is 4.13. The van der Waals surface area contributed by atoms with E-state index >= 15 is 0 Å². The number of piperidine rings is 1. The van der Waals surface area contributed by atoms with Crippen LogP contribution in [0.15, 0.2) is 30.3 Å². The molecule has 30 heavy (non-hydrogen) atoms. The minimum atomic E-state index is -0.318. The van der Waals surface area contributed by atoms with Crippen LogP contribution in [0, 0.1) is 18.8 Å². The molecular weight excluding hydrogens is 402 g/mol. The third kappa shape index (κ3) is 4.35. The second-order valence-electron chi connectivity index (χ2n) is 7.91. The molecule has 0 saturated carbocycles. The molecule has 8 nitrogen and oxygen atoms in total. The molecule has 0 radical (unpaired) electrons. The minimum Gasteiger partial charge on any atom is -0.356 e. The Kier molecular flexibility index (Phi) is 6.08. The molecule has 1 unspecified atom stereocenters. The molecule has 0 spiro atoms. The van der Waals surface area contributed by atoms with Gasteiger partial charge in [0.2, 0.25) is 11.8 Å². The van der Waals surface area contributed by atoms with E-state index in [1.54, 1.807) is 11.8 Å². The smallest absolute Gasteiger partial charge is 0.267 e. The summed E-state index contributed by atoms with van der Waals surface area (Å²) in [6.07, 6.45) is 1.93. The lowest BCUT2D eigenvalue weighted by Gasteiger charge is -2.32. The number of rotatable bonds is 5. The average Bonchev–Trinajstić information content (AvgIpc) is 3.38. The van der Waals surface area contributed by atoms with Crippen molar-refractivity contribution in [3.8, 4) is 0 Å². The molecule has 1 atom stereocenters. The fourth-order valence-corrected chi connectivity index (χ4v) is 4.67. The number of nitrogens with zero attached hydrogens (tertiary/aromatic N) is 4. The topological polar surface area (TPSA) is 95.5 Å². The Labute approximate surface area is 179 Å². The van der Waals surface area contributed by atoms with E-state index < -0.39 is 0 Å². The normalized spacial score (nSPS) is 19.9. The summed E-state index contributed by atoms with van der Waals surface area (Å²) in [7, 11) is 0. The van der Waals surface area contributed by atoms with Crippen LogP contribution in [-0.4, -0.2) is 58.4 Å². The Hall–Kier alpha value is -2.81. The summed E-state index contributed by atoms with van der Waals surface area (Å²) in [5, 5.41) is 6.94. The van der Waals surface area contributed by atoms with E-state index in [0.717, 1.165) is 30.1 Å². The van der Waals surface area contributed by atoms with E-state index in [-0.39, 0.29) is 30.1 Å². The summed E-state index contributed by atoms with van der Waals surface area (Å²) in [4.78, 5) is 41.6. The van der Waals surface area contributed by atoms with Crippen molar-refractivity contribution >= 4 is 34.9 Å². The zero-order valence-electron chi connectivity index (χ0n) is 16.9. The van der Waals surface area contributed by atoms with Gasteiger partial charge in [-0.1, -0.05) is 22.7 Å². The molecule has 9 heteroatoms. The van der Waals surface area contributed by atoms with Crippen molar-refractivity contribution in [3.05, 3.63) is 40.9 Å². The first kappa shape index (κ1) is 20.5. The van der Waals surface area contributed by atoms with Crippen LogP contribution < -0.4 is 10.2 Å². The maximum absolute atomic E-state index is 12.6. The lowest BCUT2D eigenvalue weighted by atomic mass is 9.96. The Bertz CT molecular complexity index is 924. The van der Waals surface area contributed by atoms with Gasteiger partial charge in [0.15, 0.2) is 0 Å². The summed E-state index contributed by atoms with van der Waals surface area (Å²) >= 11 is 1.14. The third-order valence-corrected chi connectivity index (χ3v) is 6.69. The van der Waals surface area contributed by atoms with E-state index in [9.17, 15) is 14.4 Å². The second kappa shape index (κ2) is 8.91. The maximum atomic E-state index is 12.6. The van der Waals surface area contributed by atoms with Crippen LogP contribution in [0.25, 0.3) is 0 Å². The Morgan fingerprint density at radius 1 is 1.20 bits per heavy atom. The number of nitrogens with one attached hydrogen (secondary N) is 1. The number of anilines is 1. The molecule has 1 aromatic heterocycles. The van der Waals surface area contributed by atoms with Crippen LogP contribution in [-0.2, 0) is 9.59 Å². The van der Waals surface area contributed by atoms with Gasteiger partial charge in [0, 0.05) is 38.3 Å². The number of likely N-dealkylation sites (tertiary alicyclic amines) is 1. The van der Waals surface area contributed by atoms with Crippen LogP contribution >= 0.6 is 11.5 Å². The van der Waals surface area contributed by atoms with Gasteiger partial charge in [-0.05, 0) is 49.3 Å². The molecule has 2 fully saturated rings. The third-order valence-electron chi connectivity index (χ3n) is 5.88. The first-order valence-electron chi connectivity index (χ1n) is 10.2. The van der Waals surface area contributed by atoms with Gasteiger partial charge in [-0.25, -0.2) is 0 Å². The highest BCUT2D eigenvalue weighted by molar-refractivity contribution is 7.07. The molecule has 2 aliphatic heterocycles. The number of aromatic nitrogens is 2. The molecule has 4 rings (SSSR count). The zero-order valence-corrected chi connectivity index (χ0v) is 17.7. The van der Waals surface area contributed by atoms with E-state index in [2.05, 4.69) is 14.9 Å². The molecule has 2 aromatic rings.